The zero-order valence-electron chi connectivity index (χ0n) is 17.7. The molecule has 1 aliphatic heterocycles. The molecule has 3 rings (SSSR count). The third-order valence-corrected chi connectivity index (χ3v) is 4.90. The van der Waals surface area contributed by atoms with Crippen LogP contribution in [0.4, 0.5) is 27.6 Å². The first-order valence-electron chi connectivity index (χ1n) is 9.76. The molecule has 0 saturated carbocycles. The van der Waals surface area contributed by atoms with Crippen LogP contribution in [-0.4, -0.2) is 42.8 Å². The van der Waals surface area contributed by atoms with Gasteiger partial charge in [-0.25, -0.2) is 4.39 Å². The predicted octanol–water partition coefficient (Wildman–Crippen LogP) is 3.79. The van der Waals surface area contributed by atoms with Crippen molar-refractivity contribution in [3.8, 4) is 5.75 Å². The number of primary amides is 1. The fraction of sp³-hybridized carbons (Fsp3) is 0.381. The molecular weight excluding hydrogens is 453 g/mol. The topological polar surface area (TPSA) is 104 Å². The van der Waals surface area contributed by atoms with Crippen molar-refractivity contribution >= 4 is 18.0 Å². The maximum Gasteiger partial charge on any atom is 0.414 e. The number of benzene rings is 1. The molecular formula is C21H22F5N3O4. The largest absolute Gasteiger partial charge is 0.490 e. The molecule has 7 nitrogen and oxygen atoms in total. The van der Waals surface area contributed by atoms with Gasteiger partial charge in [0.05, 0.1) is 13.2 Å². The van der Waals surface area contributed by atoms with Gasteiger partial charge in [-0.05, 0) is 25.1 Å². The third-order valence-electron chi connectivity index (χ3n) is 4.90. The van der Waals surface area contributed by atoms with Gasteiger partial charge in [-0.15, -0.1) is 0 Å². The van der Waals surface area contributed by atoms with E-state index in [4.69, 9.17) is 15.2 Å². The molecule has 12 heteroatoms. The molecule has 1 aromatic carbocycles. The molecule has 0 unspecified atom stereocenters. The molecule has 2 heterocycles. The predicted molar refractivity (Wildman–Crippen MR) is 108 cm³/mol. The van der Waals surface area contributed by atoms with Crippen LogP contribution in [0.3, 0.4) is 0 Å². The van der Waals surface area contributed by atoms with E-state index in [9.17, 15) is 31.5 Å². The summed E-state index contributed by atoms with van der Waals surface area (Å²) in [6.07, 6.45) is -4.49. The summed E-state index contributed by atoms with van der Waals surface area (Å²) in [7, 11) is 0. The van der Waals surface area contributed by atoms with Crippen molar-refractivity contribution in [2.75, 3.05) is 18.5 Å². The van der Waals surface area contributed by atoms with Crippen molar-refractivity contribution in [2.24, 2.45) is 11.7 Å². The van der Waals surface area contributed by atoms with E-state index >= 15 is 0 Å². The number of hydrogen-bond acceptors (Lipinski definition) is 5. The molecule has 3 atom stereocenters. The number of amides is 2. The van der Waals surface area contributed by atoms with E-state index in [0.29, 0.717) is 12.1 Å². The number of carbonyl (C=O) groups is 2. The molecule has 1 saturated heterocycles. The van der Waals surface area contributed by atoms with Gasteiger partial charge in [-0.1, -0.05) is 13.0 Å². The highest BCUT2D eigenvalue weighted by Crippen LogP contribution is 2.45. The lowest BCUT2D eigenvalue weighted by atomic mass is 9.86. The maximum atomic E-state index is 13.8. The molecule has 0 radical (unpaired) electrons. The van der Waals surface area contributed by atoms with E-state index in [0.717, 1.165) is 6.07 Å². The minimum atomic E-state index is -4.49. The number of anilines is 1. The average molecular weight is 475 g/mol. The normalized spacial score (nSPS) is 19.9. The molecule has 0 aliphatic carbocycles. The van der Waals surface area contributed by atoms with E-state index in [-0.39, 0.29) is 30.2 Å². The van der Waals surface area contributed by atoms with Crippen molar-refractivity contribution < 1.29 is 41.0 Å². The molecule has 1 fully saturated rings. The summed E-state index contributed by atoms with van der Waals surface area (Å²) in [5.74, 6) is -4.84. The lowest BCUT2D eigenvalue weighted by Crippen LogP contribution is -2.33. The summed E-state index contributed by atoms with van der Waals surface area (Å²) in [6, 6.07) is 5.10. The number of ether oxygens (including phenoxy) is 2. The van der Waals surface area contributed by atoms with Gasteiger partial charge in [0.15, 0.2) is 17.7 Å². The van der Waals surface area contributed by atoms with E-state index in [1.807, 2.05) is 0 Å². The number of rotatable bonds is 6. The van der Waals surface area contributed by atoms with Crippen LogP contribution in [0, 0.1) is 17.6 Å². The molecule has 1 aliphatic rings. The first-order chi connectivity index (χ1) is 15.5. The highest BCUT2D eigenvalue weighted by atomic mass is 19.4. The Kier molecular flexibility index (Phi) is 8.69. The van der Waals surface area contributed by atoms with Crippen molar-refractivity contribution in [3.63, 3.8) is 0 Å². The Morgan fingerprint density at radius 3 is 2.58 bits per heavy atom. The standard InChI is InChI=1S/C14H15F5O2.C7H7N3O2/c1-3-20-12-8(4-5-10(15)11(12)16)9-6-21-13(7(9)2)14(17,18)19;8-7(12)6-3-5(10-4-11)1-2-9-6/h4-5,7,9,13H,3,6H2,1-2H3;1-4H,(H2,8,12)(H,9,10,11)/t7-,9-,13+;/m1./s1. The second-order valence-corrected chi connectivity index (χ2v) is 7.03. The first-order valence-corrected chi connectivity index (χ1v) is 9.76. The zero-order chi connectivity index (χ0) is 24.8. The summed E-state index contributed by atoms with van der Waals surface area (Å²) in [6.45, 7) is 2.84. The van der Waals surface area contributed by atoms with Crippen LogP contribution in [0.15, 0.2) is 30.5 Å². The van der Waals surface area contributed by atoms with Gasteiger partial charge in [-0.3, -0.25) is 14.6 Å². The number of nitrogens with one attached hydrogen (secondary N) is 1. The number of hydrogen-bond donors (Lipinski definition) is 2. The SMILES string of the molecule is CCOc1c([C@@H]2CO[C@H](C(F)(F)F)[C@@H]2C)ccc(F)c1F.NC(=O)c1cc(NC=O)ccn1. The van der Waals surface area contributed by atoms with Crippen LogP contribution in [-0.2, 0) is 9.53 Å². The summed E-state index contributed by atoms with van der Waals surface area (Å²) in [5, 5.41) is 2.37. The van der Waals surface area contributed by atoms with Gasteiger partial charge in [-0.2, -0.15) is 17.6 Å². The number of nitrogens with two attached hydrogens (primary N) is 1. The number of carbonyl (C=O) groups excluding carboxylic acids is 2. The molecule has 0 spiro atoms. The molecule has 0 bridgehead atoms. The van der Waals surface area contributed by atoms with Crippen molar-refractivity contribution in [1.82, 2.24) is 4.98 Å². The molecule has 2 aromatic rings. The Balaban J connectivity index is 0.000000273. The smallest absolute Gasteiger partial charge is 0.414 e. The fourth-order valence-corrected chi connectivity index (χ4v) is 3.34. The van der Waals surface area contributed by atoms with Crippen LogP contribution in [0.5, 0.6) is 5.75 Å². The van der Waals surface area contributed by atoms with Crippen molar-refractivity contribution in [3.05, 3.63) is 53.4 Å². The lowest BCUT2D eigenvalue weighted by Gasteiger charge is -2.22. The molecule has 3 N–H and O–H groups in total. The Bertz CT molecular complexity index is 987. The van der Waals surface area contributed by atoms with Crippen LogP contribution >= 0.6 is 0 Å². The van der Waals surface area contributed by atoms with Crippen LogP contribution in [0.2, 0.25) is 0 Å². The molecule has 180 valence electrons. The van der Waals surface area contributed by atoms with Gasteiger partial charge in [0.2, 0.25) is 12.2 Å². The molecule has 2 amide bonds. The zero-order valence-corrected chi connectivity index (χ0v) is 17.7. The Morgan fingerprint density at radius 1 is 1.33 bits per heavy atom. The summed E-state index contributed by atoms with van der Waals surface area (Å²) in [4.78, 5) is 24.3. The Labute approximate surface area is 186 Å². The monoisotopic (exact) mass is 475 g/mol. The summed E-state index contributed by atoms with van der Waals surface area (Å²) >= 11 is 0. The van der Waals surface area contributed by atoms with Crippen molar-refractivity contribution in [2.45, 2.75) is 32.0 Å². The summed E-state index contributed by atoms with van der Waals surface area (Å²) in [5.41, 5.74) is 5.79. The quantitative estimate of drug-likeness (QED) is 0.489. The minimum Gasteiger partial charge on any atom is -0.490 e. The van der Waals surface area contributed by atoms with Crippen LogP contribution in [0.1, 0.15) is 35.8 Å². The van der Waals surface area contributed by atoms with Crippen LogP contribution < -0.4 is 15.8 Å². The van der Waals surface area contributed by atoms with Crippen molar-refractivity contribution in [1.29, 1.82) is 0 Å². The lowest BCUT2D eigenvalue weighted by molar-refractivity contribution is -0.215. The Hall–Kier alpha value is -3.28. The van der Waals surface area contributed by atoms with E-state index in [1.165, 1.54) is 25.3 Å². The second kappa shape index (κ2) is 11.0. The van der Waals surface area contributed by atoms with E-state index in [1.54, 1.807) is 13.0 Å². The molecule has 33 heavy (non-hydrogen) atoms. The van der Waals surface area contributed by atoms with Gasteiger partial charge in [0, 0.05) is 29.3 Å². The highest BCUT2D eigenvalue weighted by molar-refractivity contribution is 5.92. The fourth-order valence-electron chi connectivity index (χ4n) is 3.34. The number of nitrogens with zero attached hydrogens (tertiary/aromatic N) is 1. The van der Waals surface area contributed by atoms with Crippen LogP contribution in [0.25, 0.3) is 0 Å². The maximum absolute atomic E-state index is 13.8. The van der Waals surface area contributed by atoms with Gasteiger partial charge in [0.25, 0.3) is 5.91 Å². The third kappa shape index (κ3) is 6.37. The Morgan fingerprint density at radius 2 is 2.03 bits per heavy atom. The minimum absolute atomic E-state index is 0.0814. The number of pyridine rings is 1. The second-order valence-electron chi connectivity index (χ2n) is 7.03. The van der Waals surface area contributed by atoms with Gasteiger partial charge in [0.1, 0.15) is 5.69 Å². The summed E-state index contributed by atoms with van der Waals surface area (Å²) < 4.78 is 75.4. The number of halogens is 5. The number of alkyl halides is 3. The van der Waals surface area contributed by atoms with E-state index in [2.05, 4.69) is 10.3 Å². The van der Waals surface area contributed by atoms with Gasteiger partial charge < -0.3 is 20.5 Å². The average Bonchev–Trinajstić information content (AvgIpc) is 3.14. The van der Waals surface area contributed by atoms with E-state index < -0.39 is 41.7 Å². The first kappa shape index (κ1) is 26.0. The van der Waals surface area contributed by atoms with Gasteiger partial charge >= 0.3 is 6.18 Å². The number of aromatic nitrogens is 1. The highest BCUT2D eigenvalue weighted by Gasteiger charge is 2.51. The molecule has 1 aromatic heterocycles.